The molecule has 3 aromatic heterocycles. The molecule has 4 aromatic rings. The average molecular weight is 385 g/mol. The largest absolute Gasteiger partial charge is 0.493 e. The van der Waals surface area contributed by atoms with Gasteiger partial charge in [0.15, 0.2) is 17.3 Å². The van der Waals surface area contributed by atoms with E-state index in [2.05, 4.69) is 10.1 Å². The highest BCUT2D eigenvalue weighted by Gasteiger charge is 2.18. The molecule has 0 amide bonds. The lowest BCUT2D eigenvalue weighted by molar-refractivity contribution is 0.324. The molecule has 0 aliphatic heterocycles. The highest BCUT2D eigenvalue weighted by molar-refractivity contribution is 7.15. The minimum absolute atomic E-state index is 0.252. The number of furan rings is 1. The Morgan fingerprint density at radius 1 is 1.15 bits per heavy atom. The Labute approximate surface area is 157 Å². The van der Waals surface area contributed by atoms with E-state index in [1.807, 2.05) is 0 Å². The molecule has 138 valence electrons. The predicted molar refractivity (Wildman–Crippen MR) is 99.7 cm³/mol. The Kier molecular flexibility index (Phi) is 4.28. The summed E-state index contributed by atoms with van der Waals surface area (Å²) in [6, 6.07) is 7.01. The summed E-state index contributed by atoms with van der Waals surface area (Å²) >= 11 is 1.24. The van der Waals surface area contributed by atoms with Gasteiger partial charge in [0.05, 0.1) is 27.6 Å². The normalized spacial score (nSPS) is 11.9. The summed E-state index contributed by atoms with van der Waals surface area (Å²) in [5.41, 5.74) is 0.397. The van der Waals surface area contributed by atoms with Crippen molar-refractivity contribution in [1.29, 1.82) is 0 Å². The first-order valence-corrected chi connectivity index (χ1v) is 8.71. The van der Waals surface area contributed by atoms with Gasteiger partial charge >= 0.3 is 0 Å². The number of hydrogen-bond donors (Lipinski definition) is 0. The zero-order valence-electron chi connectivity index (χ0n) is 14.8. The summed E-state index contributed by atoms with van der Waals surface area (Å²) in [5.74, 6) is 2.44. The third-order valence-electron chi connectivity index (χ3n) is 3.92. The van der Waals surface area contributed by atoms with Crippen LogP contribution in [0.15, 0.2) is 39.7 Å². The van der Waals surface area contributed by atoms with Gasteiger partial charge in [0.2, 0.25) is 10.7 Å². The highest BCUT2D eigenvalue weighted by Crippen LogP contribution is 2.40. The zero-order chi connectivity index (χ0) is 19.0. The first-order valence-electron chi connectivity index (χ1n) is 7.89. The number of aromatic nitrogens is 3. The van der Waals surface area contributed by atoms with E-state index < -0.39 is 0 Å². The first kappa shape index (κ1) is 17.1. The van der Waals surface area contributed by atoms with E-state index >= 15 is 0 Å². The smallest absolute Gasteiger partial charge is 0.291 e. The van der Waals surface area contributed by atoms with E-state index in [4.69, 9.17) is 18.6 Å². The van der Waals surface area contributed by atoms with Crippen molar-refractivity contribution in [3.05, 3.63) is 51.2 Å². The van der Waals surface area contributed by atoms with Crippen LogP contribution in [0.5, 0.6) is 17.2 Å². The fourth-order valence-corrected chi connectivity index (χ4v) is 3.56. The molecule has 27 heavy (non-hydrogen) atoms. The summed E-state index contributed by atoms with van der Waals surface area (Å²) < 4.78 is 23.1. The van der Waals surface area contributed by atoms with Gasteiger partial charge in [-0.3, -0.25) is 4.79 Å². The van der Waals surface area contributed by atoms with E-state index in [1.165, 1.54) is 37.2 Å². The summed E-state index contributed by atoms with van der Waals surface area (Å²) in [7, 11) is 4.60. The molecule has 4 rings (SSSR count). The van der Waals surface area contributed by atoms with Gasteiger partial charge in [-0.2, -0.15) is 9.50 Å². The monoisotopic (exact) mass is 385 g/mol. The molecule has 0 atom stereocenters. The molecular formula is C18H15N3O5S. The fourth-order valence-electron chi connectivity index (χ4n) is 2.67. The van der Waals surface area contributed by atoms with Crippen LogP contribution in [-0.4, -0.2) is 35.9 Å². The van der Waals surface area contributed by atoms with E-state index in [0.29, 0.717) is 43.9 Å². The molecule has 0 aliphatic carbocycles. The SMILES string of the molecule is COc1cc(-c2nc3s/c(=C\c4ccco4)c(=O)n3n2)cc(OC)c1OC. The number of fused-ring (bicyclic) bond motifs is 1. The fraction of sp³-hybridized carbons (Fsp3) is 0.167. The van der Waals surface area contributed by atoms with Crippen LogP contribution in [0.3, 0.4) is 0 Å². The van der Waals surface area contributed by atoms with Gasteiger partial charge in [-0.15, -0.1) is 5.10 Å². The lowest BCUT2D eigenvalue weighted by Gasteiger charge is -2.12. The summed E-state index contributed by atoms with van der Waals surface area (Å²) in [6.45, 7) is 0. The van der Waals surface area contributed by atoms with Crippen molar-refractivity contribution < 1.29 is 18.6 Å². The van der Waals surface area contributed by atoms with Gasteiger partial charge in [0, 0.05) is 11.6 Å². The predicted octanol–water partition coefficient (Wildman–Crippen LogP) is 1.98. The molecule has 0 spiro atoms. The molecule has 0 N–H and O–H groups in total. The number of benzene rings is 1. The lowest BCUT2D eigenvalue weighted by Crippen LogP contribution is -2.23. The maximum absolute atomic E-state index is 12.6. The molecule has 0 bridgehead atoms. The first-order chi connectivity index (χ1) is 13.1. The standard InChI is InChI=1S/C18H15N3O5S/c1-23-12-7-10(8-13(24-2)15(12)25-3)16-19-18-21(20-16)17(22)14(27-18)9-11-5-4-6-26-11/h4-9H,1-3H3/b14-9-. The number of nitrogens with zero attached hydrogens (tertiary/aromatic N) is 3. The maximum atomic E-state index is 12.6. The van der Waals surface area contributed by atoms with Gasteiger partial charge in [-0.05, 0) is 24.3 Å². The number of hydrogen-bond acceptors (Lipinski definition) is 8. The van der Waals surface area contributed by atoms with Crippen LogP contribution in [-0.2, 0) is 0 Å². The second-order valence-electron chi connectivity index (χ2n) is 5.48. The van der Waals surface area contributed by atoms with Crippen LogP contribution < -0.4 is 24.3 Å². The van der Waals surface area contributed by atoms with Gasteiger partial charge in [0.25, 0.3) is 5.56 Å². The Morgan fingerprint density at radius 3 is 2.44 bits per heavy atom. The average Bonchev–Trinajstić information content (AvgIpc) is 3.40. The molecule has 1 aromatic carbocycles. The van der Waals surface area contributed by atoms with Gasteiger partial charge < -0.3 is 18.6 Å². The Morgan fingerprint density at radius 2 is 1.89 bits per heavy atom. The minimum Gasteiger partial charge on any atom is -0.493 e. The van der Waals surface area contributed by atoms with Crippen LogP contribution in [0.4, 0.5) is 0 Å². The summed E-state index contributed by atoms with van der Waals surface area (Å²) in [4.78, 5) is 17.5. The molecule has 3 heterocycles. The highest BCUT2D eigenvalue weighted by atomic mass is 32.1. The number of ether oxygens (including phenoxy) is 3. The van der Waals surface area contributed by atoms with Crippen molar-refractivity contribution in [2.45, 2.75) is 0 Å². The molecule has 0 saturated heterocycles. The van der Waals surface area contributed by atoms with E-state index in [9.17, 15) is 4.79 Å². The maximum Gasteiger partial charge on any atom is 0.291 e. The lowest BCUT2D eigenvalue weighted by atomic mass is 10.1. The zero-order valence-corrected chi connectivity index (χ0v) is 15.6. The van der Waals surface area contributed by atoms with Gasteiger partial charge in [-0.25, -0.2) is 0 Å². The third-order valence-corrected chi connectivity index (χ3v) is 4.88. The number of thiazole rings is 1. The second kappa shape index (κ2) is 6.76. The van der Waals surface area contributed by atoms with Crippen LogP contribution in [0.25, 0.3) is 22.4 Å². The van der Waals surface area contributed by atoms with Crippen molar-refractivity contribution in [3.8, 4) is 28.6 Å². The molecular weight excluding hydrogens is 370 g/mol. The van der Waals surface area contributed by atoms with Crippen molar-refractivity contribution in [1.82, 2.24) is 14.6 Å². The number of methoxy groups -OCH3 is 3. The third kappa shape index (κ3) is 2.91. The van der Waals surface area contributed by atoms with Gasteiger partial charge in [-0.1, -0.05) is 11.3 Å². The van der Waals surface area contributed by atoms with Crippen LogP contribution in [0.1, 0.15) is 5.76 Å². The molecule has 0 unspecified atom stereocenters. The topological polar surface area (TPSA) is 88.1 Å². The molecule has 0 radical (unpaired) electrons. The molecule has 8 nitrogen and oxygen atoms in total. The Balaban J connectivity index is 1.83. The molecule has 9 heteroatoms. The summed E-state index contributed by atoms with van der Waals surface area (Å²) in [5, 5.41) is 4.34. The van der Waals surface area contributed by atoms with Crippen molar-refractivity contribution in [2.24, 2.45) is 0 Å². The molecule has 0 saturated carbocycles. The molecule has 0 aliphatic rings. The van der Waals surface area contributed by atoms with E-state index in [1.54, 1.807) is 36.6 Å². The van der Waals surface area contributed by atoms with Crippen molar-refractivity contribution in [3.63, 3.8) is 0 Å². The number of rotatable bonds is 5. The Bertz CT molecular complexity index is 1190. The molecule has 0 fully saturated rings. The quantitative estimate of drug-likeness (QED) is 0.519. The Hall–Kier alpha value is -3.33. The van der Waals surface area contributed by atoms with Gasteiger partial charge in [0.1, 0.15) is 10.3 Å². The summed E-state index contributed by atoms with van der Waals surface area (Å²) in [6.07, 6.45) is 3.22. The van der Waals surface area contributed by atoms with Crippen LogP contribution in [0, 0.1) is 0 Å². The van der Waals surface area contributed by atoms with Crippen LogP contribution in [0.2, 0.25) is 0 Å². The van der Waals surface area contributed by atoms with Crippen molar-refractivity contribution >= 4 is 22.4 Å². The van der Waals surface area contributed by atoms with Crippen LogP contribution >= 0.6 is 11.3 Å². The van der Waals surface area contributed by atoms with E-state index in [-0.39, 0.29) is 5.56 Å². The van der Waals surface area contributed by atoms with Crippen molar-refractivity contribution in [2.75, 3.05) is 21.3 Å². The van der Waals surface area contributed by atoms with E-state index in [0.717, 1.165) is 0 Å². The second-order valence-corrected chi connectivity index (χ2v) is 6.48. The minimum atomic E-state index is -0.252.